The van der Waals surface area contributed by atoms with Crippen LogP contribution in [0.2, 0.25) is 5.02 Å². The summed E-state index contributed by atoms with van der Waals surface area (Å²) in [6.45, 7) is 5.11. The molecule has 1 saturated carbocycles. The highest BCUT2D eigenvalue weighted by atomic mass is 35.5. The molecule has 1 aliphatic rings. The number of hydrogen-bond donors (Lipinski definition) is 1. The van der Waals surface area contributed by atoms with Gasteiger partial charge < -0.3 is 10.2 Å². The Morgan fingerprint density at radius 2 is 2.28 bits per heavy atom. The smallest absolute Gasteiger partial charge is 0.128 e. The number of nitrogens with zero attached hydrogens (tertiary/aromatic N) is 2. The molecule has 0 atom stereocenters. The van der Waals surface area contributed by atoms with Crippen LogP contribution in [0.5, 0.6) is 0 Å². The van der Waals surface area contributed by atoms with Crippen molar-refractivity contribution in [3.05, 3.63) is 22.8 Å². The van der Waals surface area contributed by atoms with Crippen molar-refractivity contribution in [3.63, 3.8) is 0 Å². The molecule has 1 heterocycles. The first-order valence-electron chi connectivity index (χ1n) is 6.77. The van der Waals surface area contributed by atoms with Gasteiger partial charge in [-0.1, -0.05) is 18.5 Å². The third-order valence-corrected chi connectivity index (χ3v) is 3.62. The van der Waals surface area contributed by atoms with Crippen molar-refractivity contribution in [2.75, 3.05) is 25.0 Å². The SMILES string of the molecule is CCCNCc1cc(N(C)CC2CC2)ncc1Cl. The fourth-order valence-electron chi connectivity index (χ4n) is 1.99. The summed E-state index contributed by atoms with van der Waals surface area (Å²) in [4.78, 5) is 6.65. The van der Waals surface area contributed by atoms with E-state index in [0.29, 0.717) is 0 Å². The molecule has 18 heavy (non-hydrogen) atoms. The maximum Gasteiger partial charge on any atom is 0.128 e. The van der Waals surface area contributed by atoms with Gasteiger partial charge in [-0.15, -0.1) is 0 Å². The number of anilines is 1. The molecular weight excluding hydrogens is 246 g/mol. The second-order valence-corrected chi connectivity index (χ2v) is 5.54. The van der Waals surface area contributed by atoms with Crippen molar-refractivity contribution in [2.45, 2.75) is 32.7 Å². The molecule has 0 unspecified atom stereocenters. The van der Waals surface area contributed by atoms with Gasteiger partial charge >= 0.3 is 0 Å². The monoisotopic (exact) mass is 267 g/mol. The van der Waals surface area contributed by atoms with Crippen molar-refractivity contribution in [3.8, 4) is 0 Å². The first-order valence-corrected chi connectivity index (χ1v) is 7.14. The van der Waals surface area contributed by atoms with Crippen LogP contribution in [0.4, 0.5) is 5.82 Å². The fraction of sp³-hybridized carbons (Fsp3) is 0.643. The molecule has 4 heteroatoms. The predicted octanol–water partition coefficient (Wildman–Crippen LogP) is 3.08. The maximum absolute atomic E-state index is 6.18. The van der Waals surface area contributed by atoms with Crippen LogP contribution in [-0.2, 0) is 6.54 Å². The molecule has 0 spiro atoms. The Morgan fingerprint density at radius 3 is 2.94 bits per heavy atom. The van der Waals surface area contributed by atoms with E-state index in [0.717, 1.165) is 48.4 Å². The van der Waals surface area contributed by atoms with E-state index in [-0.39, 0.29) is 0 Å². The first-order chi connectivity index (χ1) is 8.70. The lowest BCUT2D eigenvalue weighted by Crippen LogP contribution is -2.22. The van der Waals surface area contributed by atoms with Crippen molar-refractivity contribution >= 4 is 17.4 Å². The van der Waals surface area contributed by atoms with Gasteiger partial charge in [0.1, 0.15) is 5.82 Å². The summed E-state index contributed by atoms with van der Waals surface area (Å²) in [5, 5.41) is 4.13. The van der Waals surface area contributed by atoms with Crippen LogP contribution in [0.25, 0.3) is 0 Å². The fourth-order valence-corrected chi connectivity index (χ4v) is 2.16. The molecule has 2 rings (SSSR count). The molecule has 1 aliphatic carbocycles. The summed E-state index contributed by atoms with van der Waals surface area (Å²) in [5.74, 6) is 1.90. The average molecular weight is 268 g/mol. The van der Waals surface area contributed by atoms with E-state index in [2.05, 4.69) is 35.2 Å². The lowest BCUT2D eigenvalue weighted by molar-refractivity contribution is 0.674. The van der Waals surface area contributed by atoms with Gasteiger partial charge in [-0.25, -0.2) is 4.98 Å². The Hall–Kier alpha value is -0.800. The Morgan fingerprint density at radius 1 is 1.50 bits per heavy atom. The van der Waals surface area contributed by atoms with Crippen LogP contribution >= 0.6 is 11.6 Å². The van der Waals surface area contributed by atoms with Crippen LogP contribution in [0.15, 0.2) is 12.3 Å². The lowest BCUT2D eigenvalue weighted by atomic mass is 10.2. The summed E-state index contributed by atoms with van der Waals surface area (Å²) in [5.41, 5.74) is 1.14. The molecule has 1 aromatic heterocycles. The van der Waals surface area contributed by atoms with Gasteiger partial charge in [-0.3, -0.25) is 0 Å². The molecule has 3 nitrogen and oxygen atoms in total. The second-order valence-electron chi connectivity index (χ2n) is 5.13. The number of halogens is 1. The second kappa shape index (κ2) is 6.39. The summed E-state index contributed by atoms with van der Waals surface area (Å²) in [6, 6.07) is 2.10. The van der Waals surface area contributed by atoms with E-state index in [1.807, 2.05) is 0 Å². The normalized spacial score (nSPS) is 14.8. The van der Waals surface area contributed by atoms with Crippen LogP contribution < -0.4 is 10.2 Å². The molecule has 1 aromatic rings. The predicted molar refractivity (Wildman–Crippen MR) is 77.2 cm³/mol. The minimum atomic E-state index is 0.752. The molecule has 100 valence electrons. The zero-order valence-corrected chi connectivity index (χ0v) is 12.0. The van der Waals surface area contributed by atoms with Crippen molar-refractivity contribution in [2.24, 2.45) is 5.92 Å². The van der Waals surface area contributed by atoms with Gasteiger partial charge in [0, 0.05) is 26.3 Å². The molecule has 1 fully saturated rings. The Balaban J connectivity index is 1.99. The van der Waals surface area contributed by atoms with E-state index in [9.17, 15) is 0 Å². The highest BCUT2D eigenvalue weighted by Crippen LogP contribution is 2.31. The molecule has 0 aromatic carbocycles. The van der Waals surface area contributed by atoms with E-state index in [1.165, 1.54) is 12.8 Å². The number of rotatable bonds is 7. The van der Waals surface area contributed by atoms with Crippen LogP contribution in [0.3, 0.4) is 0 Å². The van der Waals surface area contributed by atoms with E-state index in [1.54, 1.807) is 6.20 Å². The van der Waals surface area contributed by atoms with Crippen molar-refractivity contribution in [1.82, 2.24) is 10.3 Å². The number of aromatic nitrogens is 1. The quantitative estimate of drug-likeness (QED) is 0.770. The van der Waals surface area contributed by atoms with Crippen LogP contribution in [0.1, 0.15) is 31.7 Å². The van der Waals surface area contributed by atoms with E-state index in [4.69, 9.17) is 11.6 Å². The summed E-state index contributed by atoms with van der Waals surface area (Å²) in [7, 11) is 2.11. The molecule has 0 bridgehead atoms. The highest BCUT2D eigenvalue weighted by Gasteiger charge is 2.23. The topological polar surface area (TPSA) is 28.2 Å². The molecule has 0 saturated heterocycles. The van der Waals surface area contributed by atoms with E-state index < -0.39 is 0 Å². The third-order valence-electron chi connectivity index (χ3n) is 3.28. The van der Waals surface area contributed by atoms with Gasteiger partial charge in [0.25, 0.3) is 0 Å². The van der Waals surface area contributed by atoms with Crippen molar-refractivity contribution < 1.29 is 0 Å². The Kier molecular flexibility index (Phi) is 4.84. The van der Waals surface area contributed by atoms with Gasteiger partial charge in [-0.05, 0) is 43.4 Å². The van der Waals surface area contributed by atoms with Gasteiger partial charge in [0.2, 0.25) is 0 Å². The summed E-state index contributed by atoms with van der Waals surface area (Å²) in [6.07, 6.45) is 5.63. The molecule has 0 radical (unpaired) electrons. The van der Waals surface area contributed by atoms with Crippen LogP contribution in [0, 0.1) is 5.92 Å². The van der Waals surface area contributed by atoms with Gasteiger partial charge in [-0.2, -0.15) is 0 Å². The van der Waals surface area contributed by atoms with Crippen LogP contribution in [-0.4, -0.2) is 25.1 Å². The Labute approximate surface area is 115 Å². The molecule has 1 N–H and O–H groups in total. The number of hydrogen-bond acceptors (Lipinski definition) is 3. The molecular formula is C14H22ClN3. The van der Waals surface area contributed by atoms with Gasteiger partial charge in [0.15, 0.2) is 0 Å². The van der Waals surface area contributed by atoms with Crippen molar-refractivity contribution in [1.29, 1.82) is 0 Å². The van der Waals surface area contributed by atoms with Gasteiger partial charge in [0.05, 0.1) is 5.02 Å². The maximum atomic E-state index is 6.18. The lowest BCUT2D eigenvalue weighted by Gasteiger charge is -2.19. The van der Waals surface area contributed by atoms with E-state index >= 15 is 0 Å². The summed E-state index contributed by atoms with van der Waals surface area (Å²) >= 11 is 6.18. The minimum absolute atomic E-state index is 0.752. The highest BCUT2D eigenvalue weighted by molar-refractivity contribution is 6.31. The summed E-state index contributed by atoms with van der Waals surface area (Å²) < 4.78 is 0. The largest absolute Gasteiger partial charge is 0.359 e. The average Bonchev–Trinajstić information content (AvgIpc) is 3.15. The Bertz CT molecular complexity index is 391. The third kappa shape index (κ3) is 3.85. The zero-order chi connectivity index (χ0) is 13.0. The molecule has 0 aliphatic heterocycles. The number of pyridine rings is 1. The molecule has 0 amide bonds. The number of nitrogens with one attached hydrogen (secondary N) is 1. The minimum Gasteiger partial charge on any atom is -0.359 e. The standard InChI is InChI=1S/C14H22ClN3/c1-3-6-16-8-12-7-14(17-9-13(12)15)18(2)10-11-4-5-11/h7,9,11,16H,3-6,8,10H2,1-2H3. The zero-order valence-electron chi connectivity index (χ0n) is 11.2. The first kappa shape index (κ1) is 13.6.